The average molecular weight is 250 g/mol. The monoisotopic (exact) mass is 249 g/mol. The van der Waals surface area contributed by atoms with Gasteiger partial charge in [0.2, 0.25) is 0 Å². The second kappa shape index (κ2) is 3.82. The molecule has 0 aromatic heterocycles. The molecule has 0 bridgehead atoms. The molecule has 0 amide bonds. The zero-order valence-corrected chi connectivity index (χ0v) is 10.1. The fraction of sp³-hybridized carbons (Fsp3) is 0.462. The maximum atomic E-state index is 9.20. The van der Waals surface area contributed by atoms with Gasteiger partial charge in [-0.1, -0.05) is 11.6 Å². The Morgan fingerprint density at radius 1 is 1.24 bits per heavy atom. The topological polar surface area (TPSA) is 42.2 Å². The van der Waals surface area contributed by atoms with Crippen LogP contribution < -0.4 is 9.47 Å². The van der Waals surface area contributed by atoms with Gasteiger partial charge >= 0.3 is 0 Å². The van der Waals surface area contributed by atoms with E-state index in [0.717, 1.165) is 24.8 Å². The minimum absolute atomic E-state index is 0.339. The van der Waals surface area contributed by atoms with Gasteiger partial charge in [-0.15, -0.1) is 0 Å². The molecule has 0 spiro atoms. The summed E-state index contributed by atoms with van der Waals surface area (Å²) in [6.45, 7) is 1.25. The van der Waals surface area contributed by atoms with E-state index in [2.05, 4.69) is 6.07 Å². The summed E-state index contributed by atoms with van der Waals surface area (Å²) in [6.07, 6.45) is 2.66. The van der Waals surface area contributed by atoms with Crippen molar-refractivity contribution in [2.45, 2.75) is 24.7 Å². The summed E-state index contributed by atoms with van der Waals surface area (Å²) < 4.78 is 11.2. The predicted molar refractivity (Wildman–Crippen MR) is 63.6 cm³/mol. The van der Waals surface area contributed by atoms with E-state index in [1.165, 1.54) is 0 Å². The number of nitrogens with zero attached hydrogens (tertiary/aromatic N) is 1. The summed E-state index contributed by atoms with van der Waals surface area (Å²) >= 11 is 6.20. The van der Waals surface area contributed by atoms with Crippen molar-refractivity contribution in [3.05, 3.63) is 22.7 Å². The molecule has 4 heteroatoms. The second-order valence-corrected chi connectivity index (χ2v) is 4.94. The molecule has 0 N–H and O–H groups in total. The number of nitriles is 1. The lowest BCUT2D eigenvalue weighted by Gasteiger charge is -2.13. The van der Waals surface area contributed by atoms with Crippen LogP contribution in [0.2, 0.25) is 5.02 Å². The number of hydrogen-bond donors (Lipinski definition) is 0. The fourth-order valence-corrected chi connectivity index (χ4v) is 2.36. The molecule has 1 aliphatic carbocycles. The van der Waals surface area contributed by atoms with E-state index in [9.17, 15) is 5.26 Å². The lowest BCUT2D eigenvalue weighted by molar-refractivity contribution is 0.297. The van der Waals surface area contributed by atoms with Crippen molar-refractivity contribution < 1.29 is 9.47 Å². The molecule has 88 valence electrons. The van der Waals surface area contributed by atoms with Crippen LogP contribution in [-0.2, 0) is 5.41 Å². The predicted octanol–water partition coefficient (Wildman–Crippen LogP) is 3.06. The molecule has 0 unspecified atom stereocenters. The summed E-state index contributed by atoms with van der Waals surface area (Å²) in [5.74, 6) is 1.29. The normalized spacial score (nSPS) is 20.2. The van der Waals surface area contributed by atoms with Crippen LogP contribution in [0.1, 0.15) is 24.8 Å². The Balaban J connectivity index is 2.07. The molecule has 0 radical (unpaired) electrons. The van der Waals surface area contributed by atoms with Gasteiger partial charge in [0, 0.05) is 6.42 Å². The van der Waals surface area contributed by atoms with Crippen LogP contribution in [0.15, 0.2) is 12.1 Å². The van der Waals surface area contributed by atoms with Crippen molar-refractivity contribution >= 4 is 11.6 Å². The Morgan fingerprint density at radius 2 is 2.00 bits per heavy atom. The molecule has 2 aliphatic rings. The summed E-state index contributed by atoms with van der Waals surface area (Å²) in [5, 5.41) is 9.74. The maximum absolute atomic E-state index is 9.20. The van der Waals surface area contributed by atoms with Crippen molar-refractivity contribution in [3.63, 3.8) is 0 Å². The van der Waals surface area contributed by atoms with E-state index < -0.39 is 0 Å². The smallest absolute Gasteiger partial charge is 0.179 e. The third-order valence-electron chi connectivity index (χ3n) is 3.32. The first-order valence-electron chi connectivity index (χ1n) is 5.76. The molecule has 1 heterocycles. The van der Waals surface area contributed by atoms with E-state index >= 15 is 0 Å². The number of hydrogen-bond acceptors (Lipinski definition) is 3. The number of fused-ring (bicyclic) bond motifs is 1. The van der Waals surface area contributed by atoms with Gasteiger partial charge in [-0.3, -0.25) is 0 Å². The minimum Gasteiger partial charge on any atom is -0.489 e. The molecular weight excluding hydrogens is 238 g/mol. The number of ether oxygens (including phenoxy) is 2. The van der Waals surface area contributed by atoms with E-state index in [-0.39, 0.29) is 5.41 Å². The SMILES string of the molecule is N#CC1(c2cc(Cl)c3c(c2)OCCCO3)CC1. The first kappa shape index (κ1) is 10.7. The largest absolute Gasteiger partial charge is 0.489 e. The fourth-order valence-electron chi connectivity index (χ4n) is 2.10. The Morgan fingerprint density at radius 3 is 2.71 bits per heavy atom. The van der Waals surface area contributed by atoms with Gasteiger partial charge in [-0.2, -0.15) is 5.26 Å². The molecular formula is C13H12ClNO2. The number of rotatable bonds is 1. The third-order valence-corrected chi connectivity index (χ3v) is 3.60. The van der Waals surface area contributed by atoms with Gasteiger partial charge in [-0.05, 0) is 30.5 Å². The van der Waals surface area contributed by atoms with Crippen molar-refractivity contribution in [1.29, 1.82) is 5.26 Å². The van der Waals surface area contributed by atoms with E-state index in [4.69, 9.17) is 21.1 Å². The molecule has 1 aromatic carbocycles. The van der Waals surface area contributed by atoms with E-state index in [1.54, 1.807) is 0 Å². The van der Waals surface area contributed by atoms with Crippen LogP contribution in [0.3, 0.4) is 0 Å². The van der Waals surface area contributed by atoms with Crippen LogP contribution in [-0.4, -0.2) is 13.2 Å². The van der Waals surface area contributed by atoms with Gasteiger partial charge in [0.05, 0.1) is 29.7 Å². The van der Waals surface area contributed by atoms with Gasteiger partial charge in [0.25, 0.3) is 0 Å². The van der Waals surface area contributed by atoms with Gasteiger partial charge in [0.1, 0.15) is 0 Å². The summed E-state index contributed by atoms with van der Waals surface area (Å²) in [7, 11) is 0. The molecule has 0 saturated heterocycles. The van der Waals surface area contributed by atoms with Crippen LogP contribution in [0.4, 0.5) is 0 Å². The summed E-state index contributed by atoms with van der Waals surface area (Å²) in [6, 6.07) is 6.11. The Hall–Kier alpha value is -1.40. The van der Waals surface area contributed by atoms with Crippen molar-refractivity contribution in [2.24, 2.45) is 0 Å². The van der Waals surface area contributed by atoms with Gasteiger partial charge < -0.3 is 9.47 Å². The van der Waals surface area contributed by atoms with E-state index in [0.29, 0.717) is 29.7 Å². The molecule has 1 saturated carbocycles. The highest BCUT2D eigenvalue weighted by molar-refractivity contribution is 6.32. The second-order valence-electron chi connectivity index (χ2n) is 4.53. The van der Waals surface area contributed by atoms with Crippen molar-refractivity contribution in [1.82, 2.24) is 0 Å². The van der Waals surface area contributed by atoms with Crippen molar-refractivity contribution in [3.8, 4) is 17.6 Å². The minimum atomic E-state index is -0.339. The highest BCUT2D eigenvalue weighted by atomic mass is 35.5. The summed E-state index contributed by atoms with van der Waals surface area (Å²) in [5.41, 5.74) is 0.614. The van der Waals surface area contributed by atoms with Gasteiger partial charge in [0.15, 0.2) is 11.5 Å². The number of benzene rings is 1. The third kappa shape index (κ3) is 1.73. The number of halogens is 1. The lowest BCUT2D eigenvalue weighted by Crippen LogP contribution is -2.04. The molecule has 3 rings (SSSR count). The molecule has 1 aliphatic heterocycles. The first-order chi connectivity index (χ1) is 8.25. The van der Waals surface area contributed by atoms with Crippen LogP contribution in [0.25, 0.3) is 0 Å². The molecule has 1 aromatic rings. The Bertz CT molecular complexity index is 503. The van der Waals surface area contributed by atoms with E-state index in [1.807, 2.05) is 12.1 Å². The van der Waals surface area contributed by atoms with Crippen LogP contribution >= 0.6 is 11.6 Å². The van der Waals surface area contributed by atoms with Gasteiger partial charge in [-0.25, -0.2) is 0 Å². The highest BCUT2D eigenvalue weighted by Crippen LogP contribution is 2.51. The summed E-state index contributed by atoms with van der Waals surface area (Å²) in [4.78, 5) is 0. The molecule has 0 atom stereocenters. The highest BCUT2D eigenvalue weighted by Gasteiger charge is 2.45. The molecule has 3 nitrogen and oxygen atoms in total. The standard InChI is InChI=1S/C13H12ClNO2/c14-10-6-9(13(8-15)2-3-13)7-11-12(10)17-5-1-4-16-11/h6-7H,1-5H2. The zero-order valence-electron chi connectivity index (χ0n) is 9.33. The molecule has 17 heavy (non-hydrogen) atoms. The average Bonchev–Trinajstić information content (AvgIpc) is 3.13. The van der Waals surface area contributed by atoms with Crippen LogP contribution in [0, 0.1) is 11.3 Å². The Kier molecular flexibility index (Phi) is 2.41. The first-order valence-corrected chi connectivity index (χ1v) is 6.14. The lowest BCUT2D eigenvalue weighted by atomic mass is 9.97. The zero-order chi connectivity index (χ0) is 11.9. The van der Waals surface area contributed by atoms with Crippen molar-refractivity contribution in [2.75, 3.05) is 13.2 Å². The quantitative estimate of drug-likeness (QED) is 0.768. The molecule has 1 fully saturated rings. The maximum Gasteiger partial charge on any atom is 0.179 e. The Labute approximate surface area is 105 Å². The van der Waals surface area contributed by atoms with Crippen LogP contribution in [0.5, 0.6) is 11.5 Å².